The summed E-state index contributed by atoms with van der Waals surface area (Å²) in [4.78, 5) is 0. The molecule has 6 nitrogen and oxygen atoms in total. The number of aliphatic hydroxyl groups is 3. The maximum Gasteiger partial charge on any atom is 0.154 e. The van der Waals surface area contributed by atoms with Crippen LogP contribution in [0.5, 0.6) is 0 Å². The molecule has 0 aliphatic carbocycles. The van der Waals surface area contributed by atoms with Gasteiger partial charge in [-0.05, 0) is 57.8 Å². The van der Waals surface area contributed by atoms with Gasteiger partial charge in [-0.1, -0.05) is 60.8 Å². The third kappa shape index (κ3) is 41.6. The SMILES string of the molecule is CCCCC(O)OCCC.CCCCC(O)OCCC.CCCCC(O)OCCC.[Y]. The van der Waals surface area contributed by atoms with Crippen molar-refractivity contribution >= 4 is 0 Å². The van der Waals surface area contributed by atoms with Crippen molar-refractivity contribution in [3.05, 3.63) is 0 Å². The van der Waals surface area contributed by atoms with Crippen LogP contribution >= 0.6 is 0 Å². The number of hydrogen-bond acceptors (Lipinski definition) is 6. The summed E-state index contributed by atoms with van der Waals surface area (Å²) in [6.45, 7) is 14.4. The third-order valence-corrected chi connectivity index (χ3v) is 3.96. The van der Waals surface area contributed by atoms with Gasteiger partial charge in [0.2, 0.25) is 0 Å². The molecular formula is C24H54O6Y. The summed E-state index contributed by atoms with van der Waals surface area (Å²) in [5.74, 6) is 0. The van der Waals surface area contributed by atoms with Gasteiger partial charge >= 0.3 is 0 Å². The summed E-state index contributed by atoms with van der Waals surface area (Å²) < 4.78 is 15.1. The summed E-state index contributed by atoms with van der Waals surface area (Å²) in [6, 6.07) is 0. The van der Waals surface area contributed by atoms with Crippen LogP contribution in [0.4, 0.5) is 0 Å². The van der Waals surface area contributed by atoms with Crippen molar-refractivity contribution in [3.8, 4) is 0 Å². The molecule has 0 saturated heterocycles. The standard InChI is InChI=1S/3C8H18O2.Y/c3*1-3-5-6-8(9)10-7-4-2;/h3*8-9H,3-7H2,1-2H3;. The van der Waals surface area contributed by atoms with Gasteiger partial charge in [0, 0.05) is 52.5 Å². The van der Waals surface area contributed by atoms with Gasteiger partial charge in [-0.3, -0.25) is 0 Å². The first-order valence-corrected chi connectivity index (χ1v) is 12.3. The van der Waals surface area contributed by atoms with Crippen LogP contribution < -0.4 is 0 Å². The van der Waals surface area contributed by atoms with Crippen molar-refractivity contribution in [2.45, 2.75) is 137 Å². The molecule has 0 rings (SSSR count). The van der Waals surface area contributed by atoms with Crippen molar-refractivity contribution in [1.29, 1.82) is 0 Å². The maximum absolute atomic E-state index is 9.09. The Morgan fingerprint density at radius 1 is 0.452 bits per heavy atom. The second kappa shape index (κ2) is 35.5. The van der Waals surface area contributed by atoms with Gasteiger partial charge < -0.3 is 29.5 Å². The van der Waals surface area contributed by atoms with E-state index in [0.717, 1.165) is 77.0 Å². The summed E-state index contributed by atoms with van der Waals surface area (Å²) in [5, 5.41) is 27.3. The van der Waals surface area contributed by atoms with Crippen molar-refractivity contribution in [2.75, 3.05) is 19.8 Å². The molecule has 0 aliphatic rings. The summed E-state index contributed by atoms with van der Waals surface area (Å²) in [6.07, 6.45) is 10.2. The molecule has 3 unspecified atom stereocenters. The van der Waals surface area contributed by atoms with Gasteiger partial charge in [0.25, 0.3) is 0 Å². The molecule has 0 aromatic heterocycles. The Morgan fingerprint density at radius 2 is 0.677 bits per heavy atom. The third-order valence-electron chi connectivity index (χ3n) is 3.96. The molecule has 0 aromatic carbocycles. The zero-order valence-electron chi connectivity index (χ0n) is 21.5. The van der Waals surface area contributed by atoms with Crippen molar-refractivity contribution in [1.82, 2.24) is 0 Å². The van der Waals surface area contributed by atoms with Crippen molar-refractivity contribution in [3.63, 3.8) is 0 Å². The quantitative estimate of drug-likeness (QED) is 0.196. The number of unbranched alkanes of at least 4 members (excludes halogenated alkanes) is 3. The molecule has 7 heteroatoms. The molecule has 0 heterocycles. The van der Waals surface area contributed by atoms with Crippen LogP contribution in [0.3, 0.4) is 0 Å². The minimum Gasteiger partial charge on any atom is -0.368 e. The second-order valence-electron chi connectivity index (χ2n) is 7.40. The number of rotatable bonds is 18. The summed E-state index contributed by atoms with van der Waals surface area (Å²) in [7, 11) is 0. The molecule has 0 saturated carbocycles. The van der Waals surface area contributed by atoms with Crippen LogP contribution in [0.2, 0.25) is 0 Å². The molecule has 31 heavy (non-hydrogen) atoms. The Morgan fingerprint density at radius 3 is 0.839 bits per heavy atom. The molecule has 3 N–H and O–H groups in total. The fourth-order valence-corrected chi connectivity index (χ4v) is 2.15. The van der Waals surface area contributed by atoms with Crippen molar-refractivity contribution < 1.29 is 62.2 Å². The van der Waals surface area contributed by atoms with Crippen molar-refractivity contribution in [2.24, 2.45) is 0 Å². The van der Waals surface area contributed by atoms with Crippen LogP contribution in [0.1, 0.15) is 119 Å². The van der Waals surface area contributed by atoms with E-state index in [9.17, 15) is 0 Å². The van der Waals surface area contributed by atoms with Gasteiger partial charge in [0.15, 0.2) is 18.9 Å². The van der Waals surface area contributed by atoms with Gasteiger partial charge in [0.05, 0.1) is 0 Å². The first-order chi connectivity index (χ1) is 14.4. The minimum atomic E-state index is -0.528. The van der Waals surface area contributed by atoms with E-state index in [-0.39, 0.29) is 32.7 Å². The summed E-state index contributed by atoms with van der Waals surface area (Å²) >= 11 is 0. The topological polar surface area (TPSA) is 88.4 Å². The van der Waals surface area contributed by atoms with Crippen LogP contribution in [-0.4, -0.2) is 54.0 Å². The Kier molecular flexibility index (Phi) is 44.7. The molecule has 0 amide bonds. The predicted molar refractivity (Wildman–Crippen MR) is 125 cm³/mol. The van der Waals surface area contributed by atoms with E-state index in [4.69, 9.17) is 29.5 Å². The minimum absolute atomic E-state index is 0. The molecule has 0 fully saturated rings. The molecule has 1 radical (unpaired) electrons. The van der Waals surface area contributed by atoms with Crippen LogP contribution in [-0.2, 0) is 46.9 Å². The monoisotopic (exact) mass is 527 g/mol. The van der Waals surface area contributed by atoms with E-state index in [1.165, 1.54) is 0 Å². The average molecular weight is 528 g/mol. The normalized spacial score (nSPS) is 13.1. The number of aliphatic hydroxyl groups excluding tert-OH is 3. The first kappa shape index (κ1) is 39.1. The zero-order chi connectivity index (χ0) is 23.5. The fourth-order valence-electron chi connectivity index (χ4n) is 2.15. The first-order valence-electron chi connectivity index (χ1n) is 12.3. The Balaban J connectivity index is -0.000000174. The molecule has 3 atom stereocenters. The van der Waals surface area contributed by atoms with Crippen LogP contribution in [0.15, 0.2) is 0 Å². The molecular weight excluding hydrogens is 473 g/mol. The van der Waals surface area contributed by atoms with Gasteiger partial charge in [-0.2, -0.15) is 0 Å². The Hall–Kier alpha value is 0.864. The number of ether oxygens (including phenoxy) is 3. The maximum atomic E-state index is 9.09. The average Bonchev–Trinajstić information content (AvgIpc) is 2.76. The predicted octanol–water partition coefficient (Wildman–Crippen LogP) is 5.76. The Bertz CT molecular complexity index is 218. The Labute approximate surface area is 218 Å². The van der Waals surface area contributed by atoms with E-state index in [1.54, 1.807) is 0 Å². The van der Waals surface area contributed by atoms with Gasteiger partial charge in [-0.25, -0.2) is 0 Å². The fraction of sp³-hybridized carbons (Fsp3) is 1.00. The van der Waals surface area contributed by atoms with Crippen LogP contribution in [0, 0.1) is 0 Å². The van der Waals surface area contributed by atoms with E-state index in [1.807, 2.05) is 20.8 Å². The van der Waals surface area contributed by atoms with E-state index in [0.29, 0.717) is 19.8 Å². The van der Waals surface area contributed by atoms with E-state index in [2.05, 4.69) is 20.8 Å². The molecule has 0 aromatic rings. The number of hydrogen-bond donors (Lipinski definition) is 3. The molecule has 189 valence electrons. The molecule has 0 spiro atoms. The smallest absolute Gasteiger partial charge is 0.154 e. The van der Waals surface area contributed by atoms with Crippen LogP contribution in [0.25, 0.3) is 0 Å². The molecule has 0 bridgehead atoms. The molecule has 0 aliphatic heterocycles. The van der Waals surface area contributed by atoms with Gasteiger partial charge in [0.1, 0.15) is 0 Å². The summed E-state index contributed by atoms with van der Waals surface area (Å²) in [5.41, 5.74) is 0. The zero-order valence-corrected chi connectivity index (χ0v) is 24.3. The van der Waals surface area contributed by atoms with E-state index >= 15 is 0 Å². The second-order valence-corrected chi connectivity index (χ2v) is 7.40. The largest absolute Gasteiger partial charge is 0.368 e. The van der Waals surface area contributed by atoms with E-state index < -0.39 is 18.9 Å². The van der Waals surface area contributed by atoms with Gasteiger partial charge in [-0.15, -0.1) is 0 Å².